The van der Waals surface area contributed by atoms with Gasteiger partial charge in [0.15, 0.2) is 0 Å². The van der Waals surface area contributed by atoms with Crippen LogP contribution >= 0.6 is 0 Å². The van der Waals surface area contributed by atoms with Crippen LogP contribution in [0.5, 0.6) is 0 Å². The quantitative estimate of drug-likeness (QED) is 0.876. The van der Waals surface area contributed by atoms with Gasteiger partial charge in [-0.15, -0.1) is 0 Å². The van der Waals surface area contributed by atoms with Gasteiger partial charge in [-0.05, 0) is 32.4 Å². The maximum Gasteiger partial charge on any atom is 0.0976 e. The van der Waals surface area contributed by atoms with Crippen molar-refractivity contribution in [3.8, 4) is 0 Å². The average Bonchev–Trinajstić information content (AvgIpc) is 2.62. The fraction of sp³-hybridized carbons (Fsp3) is 0.643. The number of pyridine rings is 1. The zero-order valence-corrected chi connectivity index (χ0v) is 11.3. The molecule has 18 heavy (non-hydrogen) atoms. The second kappa shape index (κ2) is 5.78. The molecular weight excluding hydrogens is 228 g/mol. The monoisotopic (exact) mass is 250 g/mol. The Morgan fingerprint density at radius 1 is 1.50 bits per heavy atom. The molecule has 0 aromatic carbocycles. The van der Waals surface area contributed by atoms with Gasteiger partial charge in [-0.25, -0.2) is 0 Å². The van der Waals surface area contributed by atoms with Gasteiger partial charge in [0.2, 0.25) is 0 Å². The van der Waals surface area contributed by atoms with Gasteiger partial charge in [0.05, 0.1) is 18.3 Å². The van der Waals surface area contributed by atoms with Gasteiger partial charge in [0.25, 0.3) is 0 Å². The molecule has 1 aliphatic heterocycles. The zero-order chi connectivity index (χ0) is 13.1. The molecule has 1 aromatic rings. The van der Waals surface area contributed by atoms with E-state index in [1.54, 1.807) is 0 Å². The van der Waals surface area contributed by atoms with E-state index in [0.29, 0.717) is 6.54 Å². The molecule has 2 atom stereocenters. The molecule has 0 bridgehead atoms. The summed E-state index contributed by atoms with van der Waals surface area (Å²) >= 11 is 0. The minimum atomic E-state index is -0.385. The number of β-amino-alcohol motifs (C(OH)–C–C–N with tert-alkyl or cyclic N) is 1. The van der Waals surface area contributed by atoms with Crippen molar-refractivity contribution in [3.05, 3.63) is 29.6 Å². The van der Waals surface area contributed by atoms with E-state index in [0.717, 1.165) is 18.8 Å². The number of likely N-dealkylation sites (tertiary alicyclic amines) is 1. The van der Waals surface area contributed by atoms with Crippen molar-refractivity contribution in [2.75, 3.05) is 13.1 Å². The molecule has 4 nitrogen and oxygen atoms in total. The van der Waals surface area contributed by atoms with E-state index in [1.165, 1.54) is 5.56 Å². The van der Waals surface area contributed by atoms with Crippen LogP contribution in [0.2, 0.25) is 0 Å². The number of aliphatic hydroxyl groups is 1. The molecule has 2 heterocycles. The van der Waals surface area contributed by atoms with Gasteiger partial charge in [-0.3, -0.25) is 9.88 Å². The molecule has 4 heteroatoms. The largest absolute Gasteiger partial charge is 0.389 e. The van der Waals surface area contributed by atoms with Gasteiger partial charge in [-0.2, -0.15) is 0 Å². The first-order valence-electron chi connectivity index (χ1n) is 6.52. The molecule has 100 valence electrons. The normalized spacial score (nSPS) is 24.9. The maximum atomic E-state index is 9.97. The Labute approximate surface area is 109 Å². The van der Waals surface area contributed by atoms with Crippen LogP contribution in [0.15, 0.2) is 18.3 Å². The highest BCUT2D eigenvalue weighted by molar-refractivity contribution is 5.18. The van der Waals surface area contributed by atoms with E-state index < -0.39 is 0 Å². The highest BCUT2D eigenvalue weighted by atomic mass is 16.5. The molecule has 1 aromatic heterocycles. The Kier molecular flexibility index (Phi) is 4.32. The van der Waals surface area contributed by atoms with E-state index in [-0.39, 0.29) is 18.3 Å². The van der Waals surface area contributed by atoms with Crippen molar-refractivity contribution >= 4 is 0 Å². The predicted molar refractivity (Wildman–Crippen MR) is 70.3 cm³/mol. The summed E-state index contributed by atoms with van der Waals surface area (Å²) in [6, 6.07) is 4.04. The molecule has 1 saturated heterocycles. The van der Waals surface area contributed by atoms with Gasteiger partial charge < -0.3 is 9.84 Å². The number of nitrogens with zero attached hydrogens (tertiary/aromatic N) is 2. The van der Waals surface area contributed by atoms with Gasteiger partial charge in [0, 0.05) is 31.5 Å². The Morgan fingerprint density at radius 2 is 2.28 bits per heavy atom. The number of rotatable bonds is 4. The third-order valence-electron chi connectivity index (χ3n) is 3.27. The molecule has 1 fully saturated rings. The number of hydrogen-bond donors (Lipinski definition) is 1. The summed E-state index contributed by atoms with van der Waals surface area (Å²) in [5.41, 5.74) is 2.27. The molecule has 0 unspecified atom stereocenters. The Balaban J connectivity index is 1.94. The fourth-order valence-electron chi connectivity index (χ4n) is 2.37. The van der Waals surface area contributed by atoms with E-state index in [1.807, 2.05) is 33.0 Å². The van der Waals surface area contributed by atoms with E-state index in [9.17, 15) is 5.11 Å². The molecule has 0 radical (unpaired) electrons. The van der Waals surface area contributed by atoms with Crippen LogP contribution in [0.1, 0.15) is 25.1 Å². The van der Waals surface area contributed by atoms with Crippen molar-refractivity contribution < 1.29 is 9.84 Å². The minimum absolute atomic E-state index is 0.0676. The fourth-order valence-corrected chi connectivity index (χ4v) is 2.37. The summed E-state index contributed by atoms with van der Waals surface area (Å²) in [7, 11) is 0. The molecule has 0 aliphatic carbocycles. The summed E-state index contributed by atoms with van der Waals surface area (Å²) in [5.74, 6) is 0. The van der Waals surface area contributed by atoms with Crippen molar-refractivity contribution in [2.45, 2.75) is 45.6 Å². The Bertz CT molecular complexity index is 395. The molecule has 0 saturated carbocycles. The van der Waals surface area contributed by atoms with E-state index in [4.69, 9.17) is 4.74 Å². The topological polar surface area (TPSA) is 45.6 Å². The van der Waals surface area contributed by atoms with Crippen LogP contribution in [-0.4, -0.2) is 46.4 Å². The standard InChI is InChI=1S/C14H22N2O2/c1-10(2)18-14-9-16(8-13(14)17)7-12-5-4-6-15-11(12)3/h4-6,10,13-14,17H,7-9H2,1-3H3/t13-,14-/m0/s1. The first-order valence-corrected chi connectivity index (χ1v) is 6.52. The number of hydrogen-bond acceptors (Lipinski definition) is 4. The lowest BCUT2D eigenvalue weighted by Crippen LogP contribution is -2.29. The highest BCUT2D eigenvalue weighted by Gasteiger charge is 2.32. The number of ether oxygens (including phenoxy) is 1. The van der Waals surface area contributed by atoms with Gasteiger partial charge in [-0.1, -0.05) is 6.07 Å². The molecule has 0 spiro atoms. The van der Waals surface area contributed by atoms with Crippen LogP contribution in [0.3, 0.4) is 0 Å². The van der Waals surface area contributed by atoms with E-state index in [2.05, 4.69) is 16.0 Å². The maximum absolute atomic E-state index is 9.97. The van der Waals surface area contributed by atoms with Gasteiger partial charge >= 0.3 is 0 Å². The van der Waals surface area contributed by atoms with Crippen LogP contribution in [0, 0.1) is 6.92 Å². The van der Waals surface area contributed by atoms with Crippen molar-refractivity contribution in [1.82, 2.24) is 9.88 Å². The lowest BCUT2D eigenvalue weighted by molar-refractivity contribution is -0.0396. The van der Waals surface area contributed by atoms with Crippen LogP contribution in [0.4, 0.5) is 0 Å². The highest BCUT2D eigenvalue weighted by Crippen LogP contribution is 2.18. The summed E-state index contributed by atoms with van der Waals surface area (Å²) in [4.78, 5) is 6.51. The van der Waals surface area contributed by atoms with Crippen LogP contribution in [0.25, 0.3) is 0 Å². The molecule has 0 amide bonds. The Morgan fingerprint density at radius 3 is 2.94 bits per heavy atom. The Hall–Kier alpha value is -0.970. The van der Waals surface area contributed by atoms with E-state index >= 15 is 0 Å². The molecule has 1 aliphatic rings. The van der Waals surface area contributed by atoms with Crippen LogP contribution < -0.4 is 0 Å². The van der Waals surface area contributed by atoms with Crippen LogP contribution in [-0.2, 0) is 11.3 Å². The van der Waals surface area contributed by atoms with Gasteiger partial charge in [0.1, 0.15) is 0 Å². The summed E-state index contributed by atoms with van der Waals surface area (Å²) in [6.45, 7) is 8.30. The summed E-state index contributed by atoms with van der Waals surface area (Å²) in [6.07, 6.45) is 1.51. The SMILES string of the molecule is Cc1ncccc1CN1C[C@H](OC(C)C)[C@@H](O)C1. The second-order valence-electron chi connectivity index (χ2n) is 5.23. The molecule has 1 N–H and O–H groups in total. The number of aliphatic hydroxyl groups excluding tert-OH is 1. The van der Waals surface area contributed by atoms with Crippen molar-refractivity contribution in [2.24, 2.45) is 0 Å². The zero-order valence-electron chi connectivity index (χ0n) is 11.3. The summed E-state index contributed by atoms with van der Waals surface area (Å²) < 4.78 is 5.71. The molecule has 2 rings (SSSR count). The predicted octanol–water partition coefficient (Wildman–Crippen LogP) is 1.36. The van der Waals surface area contributed by atoms with Crippen molar-refractivity contribution in [3.63, 3.8) is 0 Å². The molecular formula is C14H22N2O2. The van der Waals surface area contributed by atoms with Crippen molar-refractivity contribution in [1.29, 1.82) is 0 Å². The smallest absolute Gasteiger partial charge is 0.0976 e. The first-order chi connectivity index (χ1) is 8.56. The minimum Gasteiger partial charge on any atom is -0.389 e. The third kappa shape index (κ3) is 3.28. The number of aromatic nitrogens is 1. The lowest BCUT2D eigenvalue weighted by Gasteiger charge is -2.18. The lowest BCUT2D eigenvalue weighted by atomic mass is 10.2. The first kappa shape index (κ1) is 13.5. The summed E-state index contributed by atoms with van der Waals surface area (Å²) in [5, 5.41) is 9.97. The number of aryl methyl sites for hydroxylation is 1. The average molecular weight is 250 g/mol. The second-order valence-corrected chi connectivity index (χ2v) is 5.23. The third-order valence-corrected chi connectivity index (χ3v) is 3.27.